The highest BCUT2D eigenvalue weighted by Gasteiger charge is 2.16. The van der Waals surface area contributed by atoms with Gasteiger partial charge in [0.05, 0.1) is 5.69 Å². The summed E-state index contributed by atoms with van der Waals surface area (Å²) in [5.74, 6) is 0.859. The van der Waals surface area contributed by atoms with Gasteiger partial charge in [-0.3, -0.25) is 4.68 Å². The van der Waals surface area contributed by atoms with Crippen molar-refractivity contribution in [1.29, 1.82) is 0 Å². The molecule has 2 rings (SSSR count). The van der Waals surface area contributed by atoms with Crippen LogP contribution in [-0.4, -0.2) is 15.8 Å². The fraction of sp³-hybridized carbons (Fsp3) is 0.769. The van der Waals surface area contributed by atoms with Crippen molar-refractivity contribution in [2.24, 2.45) is 5.92 Å². The Bertz CT molecular complexity index is 311. The first-order valence-electron chi connectivity index (χ1n) is 6.50. The SMILES string of the molecule is CC(C)NCc1ccnn1CC1CCCC1. The molecule has 1 saturated carbocycles. The summed E-state index contributed by atoms with van der Waals surface area (Å²) in [7, 11) is 0. The van der Waals surface area contributed by atoms with Crippen LogP contribution in [0.4, 0.5) is 0 Å². The van der Waals surface area contributed by atoms with Crippen LogP contribution in [0.25, 0.3) is 0 Å². The summed E-state index contributed by atoms with van der Waals surface area (Å²) in [5.41, 5.74) is 1.32. The summed E-state index contributed by atoms with van der Waals surface area (Å²) in [6, 6.07) is 2.67. The van der Waals surface area contributed by atoms with Gasteiger partial charge in [0, 0.05) is 25.3 Å². The van der Waals surface area contributed by atoms with Crippen LogP contribution >= 0.6 is 0 Å². The maximum atomic E-state index is 4.43. The van der Waals surface area contributed by atoms with Gasteiger partial charge in [0.1, 0.15) is 0 Å². The second-order valence-corrected chi connectivity index (χ2v) is 5.19. The Balaban J connectivity index is 1.90. The molecule has 0 spiro atoms. The van der Waals surface area contributed by atoms with Gasteiger partial charge < -0.3 is 5.32 Å². The lowest BCUT2D eigenvalue weighted by Crippen LogP contribution is -2.24. The zero-order chi connectivity index (χ0) is 11.4. The van der Waals surface area contributed by atoms with Gasteiger partial charge in [-0.15, -0.1) is 0 Å². The van der Waals surface area contributed by atoms with Crippen molar-refractivity contribution in [2.45, 2.75) is 58.7 Å². The quantitative estimate of drug-likeness (QED) is 0.828. The highest BCUT2D eigenvalue weighted by atomic mass is 15.3. The number of nitrogens with one attached hydrogen (secondary N) is 1. The number of aromatic nitrogens is 2. The van der Waals surface area contributed by atoms with Gasteiger partial charge in [-0.2, -0.15) is 5.10 Å². The van der Waals surface area contributed by atoms with Gasteiger partial charge in [0.15, 0.2) is 0 Å². The Kier molecular flexibility index (Phi) is 3.99. The fourth-order valence-electron chi connectivity index (χ4n) is 2.42. The highest BCUT2D eigenvalue weighted by Crippen LogP contribution is 2.26. The molecule has 1 heterocycles. The zero-order valence-corrected chi connectivity index (χ0v) is 10.4. The third kappa shape index (κ3) is 3.08. The lowest BCUT2D eigenvalue weighted by atomic mass is 10.1. The van der Waals surface area contributed by atoms with Gasteiger partial charge in [-0.25, -0.2) is 0 Å². The summed E-state index contributed by atoms with van der Waals surface area (Å²) < 4.78 is 2.19. The molecule has 1 aromatic heterocycles. The summed E-state index contributed by atoms with van der Waals surface area (Å²) in [5, 5.41) is 7.89. The van der Waals surface area contributed by atoms with E-state index in [-0.39, 0.29) is 0 Å². The molecule has 0 aliphatic heterocycles. The van der Waals surface area contributed by atoms with Crippen LogP contribution in [0.3, 0.4) is 0 Å². The van der Waals surface area contributed by atoms with Crippen molar-refractivity contribution in [3.05, 3.63) is 18.0 Å². The van der Waals surface area contributed by atoms with E-state index in [4.69, 9.17) is 0 Å². The molecule has 1 fully saturated rings. The molecule has 1 N–H and O–H groups in total. The van der Waals surface area contributed by atoms with Gasteiger partial charge >= 0.3 is 0 Å². The molecule has 3 nitrogen and oxygen atoms in total. The molecule has 3 heteroatoms. The monoisotopic (exact) mass is 221 g/mol. The van der Waals surface area contributed by atoms with Gasteiger partial charge in [0.2, 0.25) is 0 Å². The van der Waals surface area contributed by atoms with Crippen LogP contribution in [0.5, 0.6) is 0 Å². The second kappa shape index (κ2) is 5.48. The topological polar surface area (TPSA) is 29.9 Å². The molecule has 0 bridgehead atoms. The fourth-order valence-corrected chi connectivity index (χ4v) is 2.42. The van der Waals surface area contributed by atoms with Gasteiger partial charge in [-0.1, -0.05) is 26.7 Å². The minimum Gasteiger partial charge on any atom is -0.309 e. The van der Waals surface area contributed by atoms with Crippen molar-refractivity contribution >= 4 is 0 Å². The van der Waals surface area contributed by atoms with Crippen LogP contribution in [0.1, 0.15) is 45.2 Å². The summed E-state index contributed by atoms with van der Waals surface area (Å²) in [4.78, 5) is 0. The van der Waals surface area contributed by atoms with Crippen LogP contribution in [0, 0.1) is 5.92 Å². The van der Waals surface area contributed by atoms with Crippen LogP contribution < -0.4 is 5.32 Å². The summed E-state index contributed by atoms with van der Waals surface area (Å²) in [6.07, 6.45) is 7.51. The second-order valence-electron chi connectivity index (χ2n) is 5.19. The molecule has 1 aliphatic carbocycles. The van der Waals surface area contributed by atoms with Crippen molar-refractivity contribution in [3.63, 3.8) is 0 Å². The van der Waals surface area contributed by atoms with E-state index in [1.807, 2.05) is 6.20 Å². The minimum absolute atomic E-state index is 0.537. The molecule has 0 amide bonds. The maximum absolute atomic E-state index is 4.43. The Morgan fingerprint density at radius 2 is 2.19 bits per heavy atom. The molecule has 0 radical (unpaired) electrons. The standard InChI is InChI=1S/C13H23N3/c1-11(2)14-9-13-7-8-15-16(13)10-12-5-3-4-6-12/h7-8,11-12,14H,3-6,9-10H2,1-2H3. The molecule has 0 atom stereocenters. The molecule has 0 aromatic carbocycles. The summed E-state index contributed by atoms with van der Waals surface area (Å²) in [6.45, 7) is 6.40. The van der Waals surface area contributed by atoms with Crippen LogP contribution in [-0.2, 0) is 13.1 Å². The van der Waals surface area contributed by atoms with Crippen LogP contribution in [0.2, 0.25) is 0 Å². The predicted molar refractivity (Wildman–Crippen MR) is 66.2 cm³/mol. The van der Waals surface area contributed by atoms with E-state index in [0.717, 1.165) is 19.0 Å². The maximum Gasteiger partial charge on any atom is 0.0522 e. The van der Waals surface area contributed by atoms with Crippen molar-refractivity contribution in [1.82, 2.24) is 15.1 Å². The van der Waals surface area contributed by atoms with E-state index in [0.29, 0.717) is 6.04 Å². The molecular formula is C13H23N3. The largest absolute Gasteiger partial charge is 0.309 e. The first-order chi connectivity index (χ1) is 7.75. The van der Waals surface area contributed by atoms with E-state index in [1.165, 1.54) is 31.4 Å². The van der Waals surface area contributed by atoms with Crippen molar-refractivity contribution < 1.29 is 0 Å². The molecule has 0 saturated heterocycles. The number of hydrogen-bond acceptors (Lipinski definition) is 2. The van der Waals surface area contributed by atoms with E-state index in [1.54, 1.807) is 0 Å². The Hall–Kier alpha value is -0.830. The normalized spacial score (nSPS) is 17.4. The molecule has 1 aromatic rings. The molecule has 1 aliphatic rings. The minimum atomic E-state index is 0.537. The summed E-state index contributed by atoms with van der Waals surface area (Å²) >= 11 is 0. The number of hydrogen-bond donors (Lipinski definition) is 1. The van der Waals surface area contributed by atoms with E-state index < -0.39 is 0 Å². The predicted octanol–water partition coefficient (Wildman–Crippen LogP) is 2.57. The third-order valence-electron chi connectivity index (χ3n) is 3.40. The van der Waals surface area contributed by atoms with Gasteiger partial charge in [-0.05, 0) is 24.8 Å². The van der Waals surface area contributed by atoms with E-state index in [2.05, 4.69) is 35.0 Å². The molecule has 0 unspecified atom stereocenters. The van der Waals surface area contributed by atoms with Crippen molar-refractivity contribution in [3.8, 4) is 0 Å². The average molecular weight is 221 g/mol. The first kappa shape index (κ1) is 11.6. The Morgan fingerprint density at radius 1 is 1.44 bits per heavy atom. The smallest absolute Gasteiger partial charge is 0.0522 e. The number of nitrogens with zero attached hydrogens (tertiary/aromatic N) is 2. The van der Waals surface area contributed by atoms with Crippen molar-refractivity contribution in [2.75, 3.05) is 0 Å². The molecular weight excluding hydrogens is 198 g/mol. The first-order valence-corrected chi connectivity index (χ1v) is 6.50. The van der Waals surface area contributed by atoms with E-state index in [9.17, 15) is 0 Å². The van der Waals surface area contributed by atoms with Crippen LogP contribution in [0.15, 0.2) is 12.3 Å². The highest BCUT2D eigenvalue weighted by molar-refractivity contribution is 5.00. The molecule has 16 heavy (non-hydrogen) atoms. The van der Waals surface area contributed by atoms with E-state index >= 15 is 0 Å². The lowest BCUT2D eigenvalue weighted by Gasteiger charge is -2.14. The molecule has 90 valence electrons. The number of rotatable bonds is 5. The average Bonchev–Trinajstić information content (AvgIpc) is 2.87. The zero-order valence-electron chi connectivity index (χ0n) is 10.4. The van der Waals surface area contributed by atoms with Gasteiger partial charge in [0.25, 0.3) is 0 Å². The Labute approximate surface area is 98.2 Å². The third-order valence-corrected chi connectivity index (χ3v) is 3.40. The Morgan fingerprint density at radius 3 is 2.88 bits per heavy atom. The lowest BCUT2D eigenvalue weighted by molar-refractivity contribution is 0.412.